The van der Waals surface area contributed by atoms with E-state index in [2.05, 4.69) is 15.8 Å². The number of amides is 1. The number of benzene rings is 1. The molecule has 0 aliphatic carbocycles. The zero-order valence-corrected chi connectivity index (χ0v) is 16.1. The Kier molecular flexibility index (Phi) is 8.30. The molecular weight excluding hydrogens is 352 g/mol. The fourth-order valence-corrected chi connectivity index (χ4v) is 2.65. The minimum absolute atomic E-state index is 0.0444. The quantitative estimate of drug-likeness (QED) is 0.309. The molecule has 8 heteroatoms. The Morgan fingerprint density at radius 3 is 2.62 bits per heavy atom. The number of nitrogens with one attached hydrogen (secondary N) is 2. The molecule has 1 heterocycles. The highest BCUT2D eigenvalue weighted by atomic mass is 32.1. The van der Waals surface area contributed by atoms with Crippen molar-refractivity contribution in [2.75, 3.05) is 40.0 Å². The summed E-state index contributed by atoms with van der Waals surface area (Å²) in [7, 11) is 1.64. The number of likely N-dealkylation sites (tertiary alicyclic amines) is 1. The molecule has 1 fully saturated rings. The third-order valence-electron chi connectivity index (χ3n) is 4.01. The van der Waals surface area contributed by atoms with Crippen LogP contribution in [0.5, 0.6) is 5.75 Å². The fourth-order valence-electron chi connectivity index (χ4n) is 2.50. The van der Waals surface area contributed by atoms with Crippen molar-refractivity contribution in [3.63, 3.8) is 0 Å². The highest BCUT2D eigenvalue weighted by molar-refractivity contribution is 7.80. The van der Waals surface area contributed by atoms with Gasteiger partial charge < -0.3 is 19.7 Å². The number of carbonyl (C=O) groups is 1. The maximum atomic E-state index is 12.0. The first-order chi connectivity index (χ1) is 12.6. The Bertz CT molecular complexity index is 628. The number of methoxy groups -OCH3 is 1. The lowest BCUT2D eigenvalue weighted by Gasteiger charge is -2.15. The normalized spacial score (nSPS) is 14.2. The van der Waals surface area contributed by atoms with E-state index in [0.29, 0.717) is 24.0 Å². The molecule has 1 aromatic rings. The van der Waals surface area contributed by atoms with Gasteiger partial charge in [-0.05, 0) is 61.8 Å². The minimum atomic E-state index is 0.0444. The van der Waals surface area contributed by atoms with Crippen molar-refractivity contribution in [2.24, 2.45) is 5.10 Å². The van der Waals surface area contributed by atoms with Crippen LogP contribution in [-0.4, -0.2) is 61.6 Å². The lowest BCUT2D eigenvalue weighted by Crippen LogP contribution is -2.34. The van der Waals surface area contributed by atoms with E-state index in [9.17, 15) is 4.79 Å². The Hall–Kier alpha value is -2.19. The molecule has 0 aromatic heterocycles. The summed E-state index contributed by atoms with van der Waals surface area (Å²) in [4.78, 5) is 13.8. The van der Waals surface area contributed by atoms with Crippen LogP contribution in [0.25, 0.3) is 0 Å². The van der Waals surface area contributed by atoms with Gasteiger partial charge in [0.1, 0.15) is 5.75 Å². The number of nitrogens with zero attached hydrogens (tertiary/aromatic N) is 2. The van der Waals surface area contributed by atoms with Crippen LogP contribution in [0.4, 0.5) is 0 Å². The van der Waals surface area contributed by atoms with Crippen molar-refractivity contribution in [3.8, 4) is 5.75 Å². The summed E-state index contributed by atoms with van der Waals surface area (Å²) in [5.74, 6) is 0.710. The van der Waals surface area contributed by atoms with E-state index < -0.39 is 0 Å². The summed E-state index contributed by atoms with van der Waals surface area (Å²) in [6.45, 7) is 4.84. The SMILES string of the molecule is COCCNC(=S)N/N=C(/C)c1ccc(OCC(=O)N2CCCC2)cc1. The standard InChI is InChI=1S/C18H26N4O3S/c1-14(20-21-18(26)19-9-12-24-2)15-5-7-16(8-6-15)25-13-17(23)22-10-3-4-11-22/h5-8H,3-4,9-13H2,1-2H3,(H2,19,21,26)/b20-14-. The van der Waals surface area contributed by atoms with Crippen molar-refractivity contribution in [1.29, 1.82) is 0 Å². The van der Waals surface area contributed by atoms with E-state index in [-0.39, 0.29) is 12.5 Å². The summed E-state index contributed by atoms with van der Waals surface area (Å²) in [5.41, 5.74) is 4.53. The molecule has 7 nitrogen and oxygen atoms in total. The van der Waals surface area contributed by atoms with Crippen LogP contribution < -0.4 is 15.5 Å². The molecule has 142 valence electrons. The smallest absolute Gasteiger partial charge is 0.260 e. The Morgan fingerprint density at radius 1 is 1.27 bits per heavy atom. The predicted octanol–water partition coefficient (Wildman–Crippen LogP) is 1.52. The van der Waals surface area contributed by atoms with Crippen LogP contribution in [0.1, 0.15) is 25.3 Å². The average molecular weight is 378 g/mol. The van der Waals surface area contributed by atoms with E-state index >= 15 is 0 Å². The molecule has 26 heavy (non-hydrogen) atoms. The Labute approximate surface area is 159 Å². The molecule has 0 radical (unpaired) electrons. The zero-order chi connectivity index (χ0) is 18.8. The molecule has 0 saturated carbocycles. The van der Waals surface area contributed by atoms with Gasteiger partial charge in [-0.2, -0.15) is 5.10 Å². The Balaban J connectivity index is 1.79. The summed E-state index contributed by atoms with van der Waals surface area (Å²) in [6.07, 6.45) is 2.16. The van der Waals surface area contributed by atoms with Crippen LogP contribution in [0.2, 0.25) is 0 Å². The van der Waals surface area contributed by atoms with Gasteiger partial charge in [-0.25, -0.2) is 0 Å². The van der Waals surface area contributed by atoms with E-state index in [1.807, 2.05) is 36.1 Å². The van der Waals surface area contributed by atoms with Gasteiger partial charge in [0.25, 0.3) is 5.91 Å². The number of thiocarbonyl (C=S) groups is 1. The van der Waals surface area contributed by atoms with Gasteiger partial charge in [0.05, 0.1) is 12.3 Å². The molecule has 1 aliphatic heterocycles. The fraction of sp³-hybridized carbons (Fsp3) is 0.500. The maximum Gasteiger partial charge on any atom is 0.260 e. The van der Waals surface area contributed by atoms with Crippen molar-refractivity contribution in [1.82, 2.24) is 15.6 Å². The molecule has 1 aromatic carbocycles. The van der Waals surface area contributed by atoms with Crippen molar-refractivity contribution >= 4 is 28.9 Å². The van der Waals surface area contributed by atoms with E-state index in [1.54, 1.807) is 7.11 Å². The molecule has 0 unspecified atom stereocenters. The molecule has 0 spiro atoms. The van der Waals surface area contributed by atoms with Gasteiger partial charge in [-0.15, -0.1) is 0 Å². The number of hydrazone groups is 1. The molecule has 1 amide bonds. The monoisotopic (exact) mass is 378 g/mol. The van der Waals surface area contributed by atoms with Gasteiger partial charge in [-0.1, -0.05) is 0 Å². The molecule has 2 rings (SSSR count). The van der Waals surface area contributed by atoms with Gasteiger partial charge in [0.15, 0.2) is 11.7 Å². The van der Waals surface area contributed by atoms with Gasteiger partial charge in [-0.3, -0.25) is 10.2 Å². The van der Waals surface area contributed by atoms with Crippen LogP contribution in [0.3, 0.4) is 0 Å². The molecule has 0 bridgehead atoms. The number of ether oxygens (including phenoxy) is 2. The molecule has 1 saturated heterocycles. The van der Waals surface area contributed by atoms with Crippen molar-refractivity contribution in [2.45, 2.75) is 19.8 Å². The predicted molar refractivity (Wildman–Crippen MR) is 106 cm³/mol. The molecule has 2 N–H and O–H groups in total. The number of hydrogen-bond acceptors (Lipinski definition) is 5. The summed E-state index contributed by atoms with van der Waals surface area (Å²) in [6, 6.07) is 7.47. The highest BCUT2D eigenvalue weighted by Crippen LogP contribution is 2.14. The third kappa shape index (κ3) is 6.61. The maximum absolute atomic E-state index is 12.0. The highest BCUT2D eigenvalue weighted by Gasteiger charge is 2.18. The first-order valence-corrected chi connectivity index (χ1v) is 9.09. The second-order valence-electron chi connectivity index (χ2n) is 5.96. The lowest BCUT2D eigenvalue weighted by atomic mass is 10.1. The van der Waals surface area contributed by atoms with E-state index in [1.165, 1.54) is 0 Å². The van der Waals surface area contributed by atoms with Crippen LogP contribution >= 0.6 is 12.2 Å². The van der Waals surface area contributed by atoms with Crippen LogP contribution in [-0.2, 0) is 9.53 Å². The van der Waals surface area contributed by atoms with E-state index in [4.69, 9.17) is 21.7 Å². The molecular formula is C18H26N4O3S. The first-order valence-electron chi connectivity index (χ1n) is 8.68. The zero-order valence-electron chi connectivity index (χ0n) is 15.3. The number of carbonyl (C=O) groups excluding carboxylic acids is 1. The minimum Gasteiger partial charge on any atom is -0.484 e. The van der Waals surface area contributed by atoms with Crippen LogP contribution in [0, 0.1) is 0 Å². The second-order valence-corrected chi connectivity index (χ2v) is 6.37. The average Bonchev–Trinajstić information content (AvgIpc) is 3.19. The summed E-state index contributed by atoms with van der Waals surface area (Å²) in [5, 5.41) is 7.68. The van der Waals surface area contributed by atoms with E-state index in [0.717, 1.165) is 37.2 Å². The van der Waals surface area contributed by atoms with Crippen LogP contribution in [0.15, 0.2) is 29.4 Å². The van der Waals surface area contributed by atoms with Crippen molar-refractivity contribution in [3.05, 3.63) is 29.8 Å². The molecule has 1 aliphatic rings. The number of hydrogen-bond donors (Lipinski definition) is 2. The summed E-state index contributed by atoms with van der Waals surface area (Å²) >= 11 is 5.12. The first kappa shape index (κ1) is 20.1. The summed E-state index contributed by atoms with van der Waals surface area (Å²) < 4.78 is 10.5. The molecule has 0 atom stereocenters. The second kappa shape index (κ2) is 10.7. The topological polar surface area (TPSA) is 75.2 Å². The number of rotatable bonds is 8. The Morgan fingerprint density at radius 2 is 1.96 bits per heavy atom. The third-order valence-corrected chi connectivity index (χ3v) is 4.25. The van der Waals surface area contributed by atoms with Gasteiger partial charge >= 0.3 is 0 Å². The lowest BCUT2D eigenvalue weighted by molar-refractivity contribution is -0.132. The van der Waals surface area contributed by atoms with Crippen molar-refractivity contribution < 1.29 is 14.3 Å². The van der Waals surface area contributed by atoms with Gasteiger partial charge in [0, 0.05) is 26.7 Å². The largest absolute Gasteiger partial charge is 0.484 e. The van der Waals surface area contributed by atoms with Gasteiger partial charge in [0.2, 0.25) is 0 Å².